The molecule has 1 fully saturated rings. The fourth-order valence-corrected chi connectivity index (χ4v) is 3.52. The van der Waals surface area contributed by atoms with Gasteiger partial charge in [0.2, 0.25) is 5.91 Å². The van der Waals surface area contributed by atoms with Crippen LogP contribution in [0.1, 0.15) is 51.2 Å². The van der Waals surface area contributed by atoms with Gasteiger partial charge in [0.15, 0.2) is 0 Å². The lowest BCUT2D eigenvalue weighted by molar-refractivity contribution is -0.122. The molecule has 0 saturated carbocycles. The molecule has 0 bridgehead atoms. The zero-order valence-corrected chi connectivity index (χ0v) is 16.5. The lowest BCUT2D eigenvalue weighted by Crippen LogP contribution is -2.50. The van der Waals surface area contributed by atoms with Gasteiger partial charge in [-0.15, -0.1) is 0 Å². The largest absolute Gasteiger partial charge is 0.325 e. The van der Waals surface area contributed by atoms with Crippen molar-refractivity contribution in [3.8, 4) is 0 Å². The van der Waals surface area contributed by atoms with E-state index in [0.29, 0.717) is 0 Å². The summed E-state index contributed by atoms with van der Waals surface area (Å²) in [7, 11) is 0. The molecule has 0 aromatic heterocycles. The number of carbonyl (C=O) groups excluding carboxylic acids is 1. The second kappa shape index (κ2) is 6.87. The zero-order valence-electron chi connectivity index (χ0n) is 14.3. The Morgan fingerprint density at radius 2 is 1.95 bits per heavy atom. The Labute approximate surface area is 148 Å². The van der Waals surface area contributed by atoms with Crippen LogP contribution < -0.4 is 5.32 Å². The summed E-state index contributed by atoms with van der Waals surface area (Å²) in [5, 5.41) is 3.13. The maximum Gasteiger partial charge on any atom is 0.241 e. The van der Waals surface area contributed by atoms with E-state index in [1.807, 2.05) is 0 Å². The highest BCUT2D eigenvalue weighted by atomic mass is 127. The van der Waals surface area contributed by atoms with Crippen LogP contribution in [0, 0.1) is 17.4 Å². The Morgan fingerprint density at radius 3 is 2.50 bits per heavy atom. The van der Waals surface area contributed by atoms with Crippen LogP contribution in [0.2, 0.25) is 0 Å². The molecule has 0 spiro atoms. The van der Waals surface area contributed by atoms with E-state index in [2.05, 4.69) is 79.6 Å². The first-order valence-corrected chi connectivity index (χ1v) is 9.18. The molecular formula is C18H27IN2O. The average Bonchev–Trinajstić information content (AvgIpc) is 2.95. The van der Waals surface area contributed by atoms with E-state index in [1.165, 1.54) is 14.7 Å². The number of nitrogens with one attached hydrogen (secondary N) is 1. The highest BCUT2D eigenvalue weighted by Crippen LogP contribution is 2.30. The molecule has 1 atom stereocenters. The van der Waals surface area contributed by atoms with Gasteiger partial charge in [0, 0.05) is 14.8 Å². The minimum Gasteiger partial charge on any atom is -0.325 e. The molecule has 1 N–H and O–H groups in total. The molecular weight excluding hydrogens is 387 g/mol. The predicted octanol–water partition coefficient (Wildman–Crippen LogP) is 4.50. The summed E-state index contributed by atoms with van der Waals surface area (Å²) >= 11 is 2.36. The highest BCUT2D eigenvalue weighted by molar-refractivity contribution is 14.1. The van der Waals surface area contributed by atoms with Crippen molar-refractivity contribution < 1.29 is 4.79 Å². The van der Waals surface area contributed by atoms with Crippen molar-refractivity contribution in [2.24, 2.45) is 0 Å². The lowest BCUT2D eigenvalue weighted by Gasteiger charge is -2.38. The molecule has 1 aliphatic heterocycles. The van der Waals surface area contributed by atoms with Gasteiger partial charge in [-0.25, -0.2) is 0 Å². The summed E-state index contributed by atoms with van der Waals surface area (Å²) in [6.45, 7) is 11.9. The fraction of sp³-hybridized carbons (Fsp3) is 0.611. The second-order valence-corrected chi connectivity index (χ2v) is 8.01. The Bertz CT molecular complexity index is 545. The van der Waals surface area contributed by atoms with Crippen LogP contribution in [0.5, 0.6) is 0 Å². The first kappa shape index (κ1) is 17.7. The minimum absolute atomic E-state index is 0.00478. The van der Waals surface area contributed by atoms with Gasteiger partial charge in [0.25, 0.3) is 0 Å². The van der Waals surface area contributed by atoms with Crippen LogP contribution >= 0.6 is 22.6 Å². The molecule has 122 valence electrons. The Morgan fingerprint density at radius 1 is 1.36 bits per heavy atom. The molecule has 0 radical (unpaired) electrons. The van der Waals surface area contributed by atoms with Gasteiger partial charge < -0.3 is 5.32 Å². The molecule has 1 aromatic rings. The molecule has 0 aliphatic carbocycles. The Kier molecular flexibility index (Phi) is 5.54. The van der Waals surface area contributed by atoms with Crippen LogP contribution in [-0.2, 0) is 4.79 Å². The van der Waals surface area contributed by atoms with Gasteiger partial charge in [0.05, 0.1) is 6.04 Å². The number of aryl methyl sites for hydroxylation is 2. The zero-order chi connectivity index (χ0) is 16.5. The third kappa shape index (κ3) is 3.65. The van der Waals surface area contributed by atoms with Gasteiger partial charge in [-0.2, -0.15) is 0 Å². The first-order chi connectivity index (χ1) is 10.3. The third-order valence-electron chi connectivity index (χ3n) is 4.90. The van der Waals surface area contributed by atoms with Crippen molar-refractivity contribution in [1.82, 2.24) is 4.90 Å². The van der Waals surface area contributed by atoms with Gasteiger partial charge in [-0.3, -0.25) is 9.69 Å². The van der Waals surface area contributed by atoms with Crippen molar-refractivity contribution in [2.45, 2.75) is 65.5 Å². The monoisotopic (exact) mass is 414 g/mol. The average molecular weight is 414 g/mol. The van der Waals surface area contributed by atoms with E-state index < -0.39 is 0 Å². The van der Waals surface area contributed by atoms with Crippen molar-refractivity contribution in [1.29, 1.82) is 0 Å². The summed E-state index contributed by atoms with van der Waals surface area (Å²) < 4.78 is 1.27. The van der Waals surface area contributed by atoms with Crippen molar-refractivity contribution >= 4 is 34.2 Å². The van der Waals surface area contributed by atoms with Crippen molar-refractivity contribution in [3.63, 3.8) is 0 Å². The van der Waals surface area contributed by atoms with Crippen molar-refractivity contribution in [2.75, 3.05) is 11.9 Å². The third-order valence-corrected chi connectivity index (χ3v) is 6.60. The molecule has 1 saturated heterocycles. The molecule has 1 aliphatic rings. The van der Waals surface area contributed by atoms with Crippen molar-refractivity contribution in [3.05, 3.63) is 26.8 Å². The van der Waals surface area contributed by atoms with Gasteiger partial charge >= 0.3 is 0 Å². The molecule has 22 heavy (non-hydrogen) atoms. The molecule has 1 heterocycles. The minimum atomic E-state index is -0.00478. The number of amides is 1. The quantitative estimate of drug-likeness (QED) is 0.736. The van der Waals surface area contributed by atoms with E-state index in [0.717, 1.165) is 31.5 Å². The van der Waals surface area contributed by atoms with Crippen LogP contribution in [0.25, 0.3) is 0 Å². The fourth-order valence-electron chi connectivity index (χ4n) is 3.21. The van der Waals surface area contributed by atoms with E-state index in [-0.39, 0.29) is 17.5 Å². The molecule has 4 heteroatoms. The maximum atomic E-state index is 12.7. The molecule has 3 nitrogen and oxygen atoms in total. The molecule has 1 aromatic carbocycles. The second-order valence-electron chi connectivity index (χ2n) is 6.93. The number of carbonyl (C=O) groups is 1. The topological polar surface area (TPSA) is 32.3 Å². The van der Waals surface area contributed by atoms with E-state index in [9.17, 15) is 4.79 Å². The summed E-state index contributed by atoms with van der Waals surface area (Å²) in [5.41, 5.74) is 3.43. The summed E-state index contributed by atoms with van der Waals surface area (Å²) in [6, 6.07) is 4.13. The number of hydrogen-bond donors (Lipinski definition) is 1. The predicted molar refractivity (Wildman–Crippen MR) is 101 cm³/mol. The van der Waals surface area contributed by atoms with E-state index >= 15 is 0 Å². The van der Waals surface area contributed by atoms with E-state index in [1.54, 1.807) is 0 Å². The normalized spacial score (nSPS) is 19.5. The molecule has 1 amide bonds. The number of anilines is 1. The first-order valence-electron chi connectivity index (χ1n) is 8.10. The van der Waals surface area contributed by atoms with Crippen LogP contribution in [-0.4, -0.2) is 28.9 Å². The Hall–Kier alpha value is -0.620. The number of nitrogens with zero attached hydrogens (tertiary/aromatic N) is 1. The number of likely N-dealkylation sites (tertiary alicyclic amines) is 1. The van der Waals surface area contributed by atoms with Crippen LogP contribution in [0.15, 0.2) is 12.1 Å². The van der Waals surface area contributed by atoms with E-state index in [4.69, 9.17) is 0 Å². The molecule has 2 rings (SSSR count). The van der Waals surface area contributed by atoms with Crippen LogP contribution in [0.4, 0.5) is 5.69 Å². The molecule has 1 unspecified atom stereocenters. The number of rotatable bonds is 4. The lowest BCUT2D eigenvalue weighted by atomic mass is 9.98. The smallest absolute Gasteiger partial charge is 0.241 e. The highest BCUT2D eigenvalue weighted by Gasteiger charge is 2.38. The Balaban J connectivity index is 2.15. The maximum absolute atomic E-state index is 12.7. The van der Waals surface area contributed by atoms with Gasteiger partial charge in [0.1, 0.15) is 0 Å². The number of benzene rings is 1. The van der Waals surface area contributed by atoms with Gasteiger partial charge in [-0.1, -0.05) is 6.92 Å². The van der Waals surface area contributed by atoms with Crippen LogP contribution in [0.3, 0.4) is 0 Å². The number of hydrogen-bond acceptors (Lipinski definition) is 2. The summed E-state index contributed by atoms with van der Waals surface area (Å²) in [4.78, 5) is 15.1. The summed E-state index contributed by atoms with van der Waals surface area (Å²) in [6.07, 6.45) is 3.11. The standard InChI is InChI=1S/C18H27IN2O/c1-6-18(4,5)21-9-7-8-15(21)17(22)20-14-10-12(2)16(19)13(3)11-14/h10-11,15H,6-9H2,1-5H3,(H,20,22). The number of halogens is 1. The van der Waals surface area contributed by atoms with Gasteiger partial charge in [-0.05, 0) is 99.4 Å². The SMILES string of the molecule is CCC(C)(C)N1CCCC1C(=O)Nc1cc(C)c(I)c(C)c1. The summed E-state index contributed by atoms with van der Waals surface area (Å²) in [5.74, 6) is 0.138.